The smallest absolute Gasteiger partial charge is 0.142 e. The number of nitrogens with one attached hydrogen (secondary N) is 1. The van der Waals surface area contributed by atoms with Gasteiger partial charge in [-0.2, -0.15) is 0 Å². The van der Waals surface area contributed by atoms with Gasteiger partial charge in [0.2, 0.25) is 0 Å². The van der Waals surface area contributed by atoms with Crippen molar-refractivity contribution in [3.05, 3.63) is 34.1 Å². The fourth-order valence-electron chi connectivity index (χ4n) is 1.86. The lowest BCUT2D eigenvalue weighted by Gasteiger charge is -2.34. The molecule has 0 aromatic heterocycles. The third kappa shape index (κ3) is 3.25. The lowest BCUT2D eigenvalue weighted by atomic mass is 9.91. The summed E-state index contributed by atoms with van der Waals surface area (Å²) in [7, 11) is 0. The number of hydrogen-bond acceptors (Lipinski definition) is 3. The molecule has 1 aromatic carbocycles. The average Bonchev–Trinajstić information content (AvgIpc) is 2.24. The van der Waals surface area contributed by atoms with E-state index in [-0.39, 0.29) is 5.82 Å². The highest BCUT2D eigenvalue weighted by Gasteiger charge is 2.32. The Balaban J connectivity index is 3.13. The van der Waals surface area contributed by atoms with Crippen LogP contribution in [0.2, 0.25) is 0 Å². The van der Waals surface area contributed by atoms with Crippen LogP contribution >= 0.6 is 15.9 Å². The number of benzene rings is 1. The Morgan fingerprint density at radius 1 is 1.53 bits per heavy atom. The van der Waals surface area contributed by atoms with Gasteiger partial charge in [-0.3, -0.25) is 5.84 Å². The minimum Gasteiger partial charge on any atom is -0.374 e. The van der Waals surface area contributed by atoms with Crippen LogP contribution in [-0.4, -0.2) is 12.2 Å². The van der Waals surface area contributed by atoms with E-state index in [9.17, 15) is 4.39 Å². The minimum atomic E-state index is -0.592. The standard InChI is InChI=1S/C12H18BrFN2O/c1-4-17-12(2,3)11(16-15)8-6-5-7-9(13)10(8)14/h5-7,11,16H,4,15H2,1-3H3. The molecule has 0 bridgehead atoms. The van der Waals surface area contributed by atoms with E-state index in [0.29, 0.717) is 16.6 Å². The molecule has 0 aliphatic heterocycles. The number of ether oxygens (including phenoxy) is 1. The van der Waals surface area contributed by atoms with Crippen LogP contribution in [-0.2, 0) is 4.74 Å². The molecule has 0 amide bonds. The van der Waals surface area contributed by atoms with Crippen LogP contribution in [0.1, 0.15) is 32.4 Å². The van der Waals surface area contributed by atoms with Crippen LogP contribution in [0.3, 0.4) is 0 Å². The second kappa shape index (κ2) is 5.91. The van der Waals surface area contributed by atoms with Gasteiger partial charge in [-0.1, -0.05) is 12.1 Å². The second-order valence-corrected chi connectivity index (χ2v) is 5.13. The van der Waals surface area contributed by atoms with Gasteiger partial charge in [-0.15, -0.1) is 0 Å². The van der Waals surface area contributed by atoms with E-state index in [2.05, 4.69) is 21.4 Å². The molecule has 1 rings (SSSR count). The summed E-state index contributed by atoms with van der Waals surface area (Å²) >= 11 is 3.16. The van der Waals surface area contributed by atoms with Gasteiger partial charge in [0.05, 0.1) is 16.1 Å². The highest BCUT2D eigenvalue weighted by atomic mass is 79.9. The summed E-state index contributed by atoms with van der Waals surface area (Å²) in [6, 6.07) is 4.71. The first-order valence-electron chi connectivity index (χ1n) is 5.48. The number of rotatable bonds is 5. The van der Waals surface area contributed by atoms with Crippen molar-refractivity contribution < 1.29 is 9.13 Å². The van der Waals surface area contributed by atoms with Crippen molar-refractivity contribution in [2.45, 2.75) is 32.4 Å². The zero-order valence-electron chi connectivity index (χ0n) is 10.3. The number of hydrogen-bond donors (Lipinski definition) is 2. The van der Waals surface area contributed by atoms with Crippen LogP contribution in [0, 0.1) is 5.82 Å². The normalized spacial score (nSPS) is 13.8. The average molecular weight is 305 g/mol. The van der Waals surface area contributed by atoms with Crippen molar-refractivity contribution in [2.24, 2.45) is 5.84 Å². The molecule has 3 N–H and O–H groups in total. The highest BCUT2D eigenvalue weighted by molar-refractivity contribution is 9.10. The van der Waals surface area contributed by atoms with Gasteiger partial charge in [0.1, 0.15) is 5.82 Å². The molecule has 0 aliphatic rings. The Bertz CT molecular complexity index is 385. The first-order chi connectivity index (χ1) is 7.94. The summed E-state index contributed by atoms with van der Waals surface area (Å²) in [6.45, 7) is 6.19. The largest absolute Gasteiger partial charge is 0.374 e. The van der Waals surface area contributed by atoms with Gasteiger partial charge < -0.3 is 4.74 Å². The molecule has 0 fully saturated rings. The molecule has 5 heteroatoms. The monoisotopic (exact) mass is 304 g/mol. The van der Waals surface area contributed by atoms with Gasteiger partial charge in [0, 0.05) is 12.2 Å². The molecule has 0 radical (unpaired) electrons. The SMILES string of the molecule is CCOC(C)(C)C(NN)c1cccc(Br)c1F. The number of halogens is 2. The Labute approximate surface area is 110 Å². The van der Waals surface area contributed by atoms with Crippen molar-refractivity contribution in [1.82, 2.24) is 5.43 Å². The maximum atomic E-state index is 14.0. The zero-order chi connectivity index (χ0) is 13.1. The topological polar surface area (TPSA) is 47.3 Å². The van der Waals surface area contributed by atoms with E-state index in [1.54, 1.807) is 18.2 Å². The van der Waals surface area contributed by atoms with Crippen LogP contribution in [0.15, 0.2) is 22.7 Å². The molecule has 1 unspecified atom stereocenters. The predicted molar refractivity (Wildman–Crippen MR) is 69.9 cm³/mol. The molecule has 96 valence electrons. The summed E-state index contributed by atoms with van der Waals surface area (Å²) in [6.07, 6.45) is 0. The van der Waals surface area contributed by atoms with E-state index >= 15 is 0 Å². The van der Waals surface area contributed by atoms with Crippen molar-refractivity contribution in [1.29, 1.82) is 0 Å². The highest BCUT2D eigenvalue weighted by Crippen LogP contribution is 2.32. The fourth-order valence-corrected chi connectivity index (χ4v) is 2.25. The maximum Gasteiger partial charge on any atom is 0.142 e. The molecule has 0 spiro atoms. The van der Waals surface area contributed by atoms with Crippen molar-refractivity contribution in [3.8, 4) is 0 Å². The molecule has 1 aromatic rings. The Kier molecular flexibility index (Phi) is 5.06. The number of nitrogens with two attached hydrogens (primary N) is 1. The predicted octanol–water partition coefficient (Wildman–Crippen LogP) is 2.91. The van der Waals surface area contributed by atoms with Crippen LogP contribution in [0.25, 0.3) is 0 Å². The molecule has 1 atom stereocenters. The quantitative estimate of drug-likeness (QED) is 0.649. The molecule has 0 saturated heterocycles. The Morgan fingerprint density at radius 2 is 2.18 bits per heavy atom. The van der Waals surface area contributed by atoms with E-state index < -0.39 is 11.6 Å². The van der Waals surface area contributed by atoms with E-state index in [1.807, 2.05) is 20.8 Å². The first-order valence-corrected chi connectivity index (χ1v) is 6.27. The van der Waals surface area contributed by atoms with Crippen molar-refractivity contribution in [2.75, 3.05) is 6.61 Å². The molecule has 3 nitrogen and oxygen atoms in total. The van der Waals surface area contributed by atoms with E-state index in [1.165, 1.54) is 0 Å². The summed E-state index contributed by atoms with van der Waals surface area (Å²) in [5.74, 6) is 5.21. The molecule has 0 aliphatic carbocycles. The van der Waals surface area contributed by atoms with Crippen LogP contribution < -0.4 is 11.3 Å². The molecular weight excluding hydrogens is 287 g/mol. The fraction of sp³-hybridized carbons (Fsp3) is 0.500. The van der Waals surface area contributed by atoms with Gasteiger partial charge in [-0.05, 0) is 42.8 Å². The molecule has 0 heterocycles. The van der Waals surface area contributed by atoms with Gasteiger partial charge in [0.25, 0.3) is 0 Å². The summed E-state index contributed by atoms with van der Waals surface area (Å²) in [4.78, 5) is 0. The Morgan fingerprint density at radius 3 is 2.71 bits per heavy atom. The third-order valence-electron chi connectivity index (χ3n) is 2.67. The Hall–Kier alpha value is -0.490. The lowest BCUT2D eigenvalue weighted by Crippen LogP contribution is -2.45. The van der Waals surface area contributed by atoms with Crippen LogP contribution in [0.4, 0.5) is 4.39 Å². The van der Waals surface area contributed by atoms with E-state index in [4.69, 9.17) is 10.6 Å². The summed E-state index contributed by atoms with van der Waals surface area (Å²) < 4.78 is 20.0. The molecular formula is C12H18BrFN2O. The summed E-state index contributed by atoms with van der Waals surface area (Å²) in [5, 5.41) is 0. The van der Waals surface area contributed by atoms with Gasteiger partial charge in [-0.25, -0.2) is 9.82 Å². The second-order valence-electron chi connectivity index (χ2n) is 4.28. The maximum absolute atomic E-state index is 14.0. The lowest BCUT2D eigenvalue weighted by molar-refractivity contribution is -0.0400. The van der Waals surface area contributed by atoms with Crippen LogP contribution in [0.5, 0.6) is 0 Å². The summed E-state index contributed by atoms with van der Waals surface area (Å²) in [5.41, 5.74) is 2.52. The molecule has 0 saturated carbocycles. The molecule has 17 heavy (non-hydrogen) atoms. The van der Waals surface area contributed by atoms with Gasteiger partial charge in [0.15, 0.2) is 0 Å². The first kappa shape index (κ1) is 14.6. The van der Waals surface area contributed by atoms with Crippen molar-refractivity contribution >= 4 is 15.9 Å². The van der Waals surface area contributed by atoms with Gasteiger partial charge >= 0.3 is 0 Å². The number of hydrazine groups is 1. The third-order valence-corrected chi connectivity index (χ3v) is 3.28. The zero-order valence-corrected chi connectivity index (χ0v) is 11.8. The minimum absolute atomic E-state index is 0.316. The van der Waals surface area contributed by atoms with E-state index in [0.717, 1.165) is 0 Å². The van der Waals surface area contributed by atoms with Crippen molar-refractivity contribution in [3.63, 3.8) is 0 Å².